The zero-order valence-electron chi connectivity index (χ0n) is 11.4. The summed E-state index contributed by atoms with van der Waals surface area (Å²) in [4.78, 5) is 11.3. The van der Waals surface area contributed by atoms with Crippen LogP contribution in [0, 0.1) is 0 Å². The van der Waals surface area contributed by atoms with Gasteiger partial charge in [-0.1, -0.05) is 0 Å². The molecule has 2 aromatic rings. The van der Waals surface area contributed by atoms with E-state index in [1.54, 1.807) is 0 Å². The first-order chi connectivity index (χ1) is 9.11. The van der Waals surface area contributed by atoms with Crippen molar-refractivity contribution in [3.63, 3.8) is 0 Å². The van der Waals surface area contributed by atoms with Gasteiger partial charge in [-0.15, -0.1) is 0 Å². The van der Waals surface area contributed by atoms with Crippen LogP contribution in [0.15, 0.2) is 18.2 Å². The first-order valence-electron chi connectivity index (χ1n) is 6.69. The molecule has 1 aliphatic rings. The van der Waals surface area contributed by atoms with Crippen LogP contribution in [0.1, 0.15) is 28.0 Å². The van der Waals surface area contributed by atoms with Crippen LogP contribution in [0.5, 0.6) is 0 Å². The lowest BCUT2D eigenvalue weighted by Crippen LogP contribution is -2.31. The fourth-order valence-electron chi connectivity index (χ4n) is 3.18. The second kappa shape index (κ2) is 4.38. The highest BCUT2D eigenvalue weighted by molar-refractivity contribution is 5.98. The third-order valence-electron chi connectivity index (χ3n) is 4.31. The molecular formula is C15H19N3O. The minimum atomic E-state index is -0.361. The van der Waals surface area contributed by atoms with Gasteiger partial charge in [0, 0.05) is 35.2 Å². The average Bonchev–Trinajstić information content (AvgIpc) is 2.71. The maximum absolute atomic E-state index is 11.3. The Bertz CT molecular complexity index is 657. The van der Waals surface area contributed by atoms with E-state index >= 15 is 0 Å². The number of hydrogen-bond acceptors (Lipinski definition) is 2. The number of amides is 1. The molecule has 0 saturated heterocycles. The van der Waals surface area contributed by atoms with Gasteiger partial charge in [0.2, 0.25) is 5.91 Å². The van der Waals surface area contributed by atoms with Crippen molar-refractivity contribution in [1.82, 2.24) is 9.88 Å². The Morgan fingerprint density at radius 1 is 1.47 bits per heavy atom. The number of benzene rings is 1. The lowest BCUT2D eigenvalue weighted by Gasteiger charge is -2.22. The van der Waals surface area contributed by atoms with E-state index < -0.39 is 0 Å². The Kier molecular flexibility index (Phi) is 2.82. The summed E-state index contributed by atoms with van der Waals surface area (Å²) >= 11 is 0. The number of likely N-dealkylation sites (N-methyl/N-ethyl adjacent to an activating group) is 1. The molecule has 0 saturated carbocycles. The van der Waals surface area contributed by atoms with Gasteiger partial charge in [0.15, 0.2) is 0 Å². The van der Waals surface area contributed by atoms with Crippen LogP contribution >= 0.6 is 0 Å². The van der Waals surface area contributed by atoms with E-state index in [1.165, 1.54) is 22.2 Å². The first-order valence-corrected chi connectivity index (χ1v) is 6.69. The molecule has 0 spiro atoms. The van der Waals surface area contributed by atoms with Gasteiger partial charge in [-0.25, -0.2) is 0 Å². The lowest BCUT2D eigenvalue weighted by molar-refractivity contribution is 0.100. The summed E-state index contributed by atoms with van der Waals surface area (Å²) in [5.41, 5.74) is 9.92. The molecule has 1 aromatic carbocycles. The highest BCUT2D eigenvalue weighted by atomic mass is 16.1. The van der Waals surface area contributed by atoms with Gasteiger partial charge in [0.25, 0.3) is 0 Å². The lowest BCUT2D eigenvalue weighted by atomic mass is 9.91. The number of primary amides is 1. The van der Waals surface area contributed by atoms with Crippen molar-refractivity contribution < 1.29 is 4.79 Å². The molecule has 100 valence electrons. The summed E-state index contributed by atoms with van der Waals surface area (Å²) in [6.07, 6.45) is 3.26. The van der Waals surface area contributed by atoms with E-state index in [-0.39, 0.29) is 5.91 Å². The van der Waals surface area contributed by atoms with Crippen molar-refractivity contribution in [3.05, 3.63) is 35.0 Å². The van der Waals surface area contributed by atoms with Crippen LogP contribution in [0.3, 0.4) is 0 Å². The standard InChI is InChI=1S/C15H19N3O/c1-17-10-4-6-14-12(8-10)11-7-9(15(16)19)3-5-13(11)18(14)2/h3,5,7,10,17H,4,6,8H2,1-2H3,(H2,16,19). The summed E-state index contributed by atoms with van der Waals surface area (Å²) in [5, 5.41) is 4.53. The van der Waals surface area contributed by atoms with Crippen molar-refractivity contribution >= 4 is 16.8 Å². The smallest absolute Gasteiger partial charge is 0.248 e. The average molecular weight is 257 g/mol. The Balaban J connectivity index is 2.21. The van der Waals surface area contributed by atoms with Crippen molar-refractivity contribution in [1.29, 1.82) is 0 Å². The van der Waals surface area contributed by atoms with E-state index in [4.69, 9.17) is 5.73 Å². The van der Waals surface area contributed by atoms with E-state index in [1.807, 2.05) is 25.2 Å². The van der Waals surface area contributed by atoms with Crippen molar-refractivity contribution in [2.75, 3.05) is 7.05 Å². The van der Waals surface area contributed by atoms with Crippen LogP contribution in [-0.4, -0.2) is 23.6 Å². The van der Waals surface area contributed by atoms with Crippen molar-refractivity contribution in [2.45, 2.75) is 25.3 Å². The number of rotatable bonds is 2. The Morgan fingerprint density at radius 3 is 2.95 bits per heavy atom. The molecule has 0 aliphatic heterocycles. The minimum Gasteiger partial charge on any atom is -0.366 e. The van der Waals surface area contributed by atoms with Gasteiger partial charge >= 0.3 is 0 Å². The Labute approximate surface area is 112 Å². The summed E-state index contributed by atoms with van der Waals surface area (Å²) in [6, 6.07) is 6.28. The molecular weight excluding hydrogens is 238 g/mol. The summed E-state index contributed by atoms with van der Waals surface area (Å²) in [5.74, 6) is -0.361. The molecule has 19 heavy (non-hydrogen) atoms. The van der Waals surface area contributed by atoms with Crippen LogP contribution in [0.25, 0.3) is 10.9 Å². The third kappa shape index (κ3) is 1.83. The molecule has 3 rings (SSSR count). The normalized spacial score (nSPS) is 18.5. The number of aromatic nitrogens is 1. The van der Waals surface area contributed by atoms with Crippen LogP contribution in [-0.2, 0) is 19.9 Å². The summed E-state index contributed by atoms with van der Waals surface area (Å²) < 4.78 is 2.25. The highest BCUT2D eigenvalue weighted by Gasteiger charge is 2.23. The molecule has 1 heterocycles. The third-order valence-corrected chi connectivity index (χ3v) is 4.31. The van der Waals surface area contributed by atoms with E-state index in [0.717, 1.165) is 19.3 Å². The number of aryl methyl sites for hydroxylation is 1. The van der Waals surface area contributed by atoms with Gasteiger partial charge in [0.05, 0.1) is 0 Å². The predicted molar refractivity (Wildman–Crippen MR) is 76.3 cm³/mol. The number of hydrogen-bond donors (Lipinski definition) is 2. The first kappa shape index (κ1) is 12.2. The van der Waals surface area contributed by atoms with Crippen molar-refractivity contribution in [3.8, 4) is 0 Å². The zero-order chi connectivity index (χ0) is 13.6. The quantitative estimate of drug-likeness (QED) is 0.853. The molecule has 0 fully saturated rings. The van der Waals surface area contributed by atoms with Gasteiger partial charge < -0.3 is 15.6 Å². The van der Waals surface area contributed by atoms with E-state index in [2.05, 4.69) is 16.9 Å². The van der Waals surface area contributed by atoms with E-state index in [0.29, 0.717) is 11.6 Å². The molecule has 1 aliphatic carbocycles. The topological polar surface area (TPSA) is 60.0 Å². The molecule has 0 radical (unpaired) electrons. The van der Waals surface area contributed by atoms with Crippen molar-refractivity contribution in [2.24, 2.45) is 12.8 Å². The maximum atomic E-state index is 11.3. The molecule has 1 amide bonds. The SMILES string of the molecule is CNC1CCc2c(c3cc(C(N)=O)ccc3n2C)C1. The fraction of sp³-hybridized carbons (Fsp3) is 0.400. The second-order valence-corrected chi connectivity index (χ2v) is 5.31. The van der Waals surface area contributed by atoms with Gasteiger partial charge in [-0.2, -0.15) is 0 Å². The van der Waals surface area contributed by atoms with E-state index in [9.17, 15) is 4.79 Å². The zero-order valence-corrected chi connectivity index (χ0v) is 11.4. The molecule has 0 bridgehead atoms. The second-order valence-electron chi connectivity index (χ2n) is 5.31. The van der Waals surface area contributed by atoms with Gasteiger partial charge in [-0.05, 0) is 50.1 Å². The molecule has 3 N–H and O–H groups in total. The maximum Gasteiger partial charge on any atom is 0.248 e. The molecule has 1 aromatic heterocycles. The summed E-state index contributed by atoms with van der Waals surface area (Å²) in [7, 11) is 4.11. The van der Waals surface area contributed by atoms with Gasteiger partial charge in [-0.3, -0.25) is 4.79 Å². The molecule has 4 heteroatoms. The summed E-state index contributed by atoms with van der Waals surface area (Å²) in [6.45, 7) is 0. The van der Waals surface area contributed by atoms with Gasteiger partial charge in [0.1, 0.15) is 0 Å². The molecule has 1 atom stereocenters. The fourth-order valence-corrected chi connectivity index (χ4v) is 3.18. The Morgan fingerprint density at radius 2 is 2.26 bits per heavy atom. The number of nitrogens with one attached hydrogen (secondary N) is 1. The highest BCUT2D eigenvalue weighted by Crippen LogP contribution is 2.32. The van der Waals surface area contributed by atoms with Crippen LogP contribution in [0.4, 0.5) is 0 Å². The molecule has 4 nitrogen and oxygen atoms in total. The Hall–Kier alpha value is -1.81. The number of carbonyl (C=O) groups excluding carboxylic acids is 1. The monoisotopic (exact) mass is 257 g/mol. The number of nitrogens with zero attached hydrogens (tertiary/aromatic N) is 1. The predicted octanol–water partition coefficient (Wildman–Crippen LogP) is 1.35. The largest absolute Gasteiger partial charge is 0.366 e. The van der Waals surface area contributed by atoms with Crippen LogP contribution < -0.4 is 11.1 Å². The minimum absolute atomic E-state index is 0.361. The number of fused-ring (bicyclic) bond motifs is 3. The molecule has 1 unspecified atom stereocenters. The number of carbonyl (C=O) groups is 1. The van der Waals surface area contributed by atoms with Crippen LogP contribution in [0.2, 0.25) is 0 Å². The number of nitrogens with two attached hydrogens (primary N) is 1.